The number of halogens is 1. The Bertz CT molecular complexity index is 533. The van der Waals surface area contributed by atoms with Crippen LogP contribution in [0, 0.1) is 5.82 Å². The Hall–Kier alpha value is -1.88. The maximum absolute atomic E-state index is 12.7. The lowest BCUT2D eigenvalue weighted by Gasteiger charge is -2.00. The summed E-state index contributed by atoms with van der Waals surface area (Å²) in [5.74, 6) is -1.38. The minimum absolute atomic E-state index is 0.110. The summed E-state index contributed by atoms with van der Waals surface area (Å²) < 4.78 is 12.7. The second-order valence-corrected chi connectivity index (χ2v) is 4.08. The summed E-state index contributed by atoms with van der Waals surface area (Å²) in [6.07, 6.45) is 0. The quantitative estimate of drug-likeness (QED) is 0.844. The number of thiophene rings is 1. The highest BCUT2D eigenvalue weighted by atomic mass is 32.1. The number of carboxylic acids is 1. The van der Waals surface area contributed by atoms with Gasteiger partial charge in [0.25, 0.3) is 0 Å². The number of anilines is 1. The molecular formula is C11H8FNO2S. The lowest BCUT2D eigenvalue weighted by molar-refractivity contribution is 0.0703. The fraction of sp³-hybridized carbons (Fsp3) is 0. The normalized spacial score (nSPS) is 10.3. The van der Waals surface area contributed by atoms with Crippen molar-refractivity contribution in [1.29, 1.82) is 0 Å². The first-order valence-corrected chi connectivity index (χ1v) is 5.33. The van der Waals surface area contributed by atoms with Crippen LogP contribution in [0.3, 0.4) is 0 Å². The van der Waals surface area contributed by atoms with Gasteiger partial charge < -0.3 is 10.8 Å². The lowest BCUT2D eigenvalue weighted by atomic mass is 10.1. The highest BCUT2D eigenvalue weighted by molar-refractivity contribution is 7.13. The number of carbonyl (C=O) groups is 1. The molecule has 1 aromatic heterocycles. The maximum Gasteiger partial charge on any atom is 0.348 e. The monoisotopic (exact) mass is 237 g/mol. The zero-order valence-corrected chi connectivity index (χ0v) is 8.92. The molecule has 5 heteroatoms. The summed E-state index contributed by atoms with van der Waals surface area (Å²) in [5.41, 5.74) is 7.27. The molecule has 0 spiro atoms. The smallest absolute Gasteiger partial charge is 0.348 e. The zero-order chi connectivity index (χ0) is 11.7. The van der Waals surface area contributed by atoms with Crippen molar-refractivity contribution in [2.24, 2.45) is 0 Å². The maximum atomic E-state index is 12.7. The molecular weight excluding hydrogens is 229 g/mol. The minimum atomic E-state index is -1.05. The van der Waals surface area contributed by atoms with Gasteiger partial charge in [0, 0.05) is 10.9 Å². The Morgan fingerprint density at radius 1 is 1.31 bits per heavy atom. The van der Waals surface area contributed by atoms with E-state index in [1.54, 1.807) is 17.5 Å². The molecule has 16 heavy (non-hydrogen) atoms. The van der Waals surface area contributed by atoms with Gasteiger partial charge in [0.1, 0.15) is 10.7 Å². The van der Waals surface area contributed by atoms with Gasteiger partial charge in [0.05, 0.1) is 5.69 Å². The molecule has 3 nitrogen and oxygen atoms in total. The fourth-order valence-corrected chi connectivity index (χ4v) is 2.22. The number of carboxylic acid groups (broad SMARTS) is 1. The number of hydrogen-bond donors (Lipinski definition) is 2. The van der Waals surface area contributed by atoms with E-state index in [0.29, 0.717) is 11.1 Å². The summed E-state index contributed by atoms with van der Waals surface area (Å²) in [7, 11) is 0. The molecule has 0 bridgehead atoms. The highest BCUT2D eigenvalue weighted by Crippen LogP contribution is 2.33. The molecule has 0 fully saturated rings. The van der Waals surface area contributed by atoms with Crippen LogP contribution in [0.4, 0.5) is 10.1 Å². The van der Waals surface area contributed by atoms with Crippen molar-refractivity contribution in [3.63, 3.8) is 0 Å². The van der Waals surface area contributed by atoms with Gasteiger partial charge in [-0.25, -0.2) is 9.18 Å². The van der Waals surface area contributed by atoms with E-state index in [1.165, 1.54) is 12.1 Å². The van der Waals surface area contributed by atoms with E-state index in [-0.39, 0.29) is 16.4 Å². The molecule has 0 aliphatic carbocycles. The van der Waals surface area contributed by atoms with Crippen LogP contribution >= 0.6 is 11.3 Å². The first kappa shape index (κ1) is 10.6. The van der Waals surface area contributed by atoms with Crippen molar-refractivity contribution < 1.29 is 14.3 Å². The molecule has 2 rings (SSSR count). The van der Waals surface area contributed by atoms with Gasteiger partial charge >= 0.3 is 5.97 Å². The average Bonchev–Trinajstić information content (AvgIpc) is 2.61. The third-order valence-electron chi connectivity index (χ3n) is 2.18. The van der Waals surface area contributed by atoms with Gasteiger partial charge in [-0.15, -0.1) is 11.3 Å². The van der Waals surface area contributed by atoms with Gasteiger partial charge in [-0.1, -0.05) is 12.1 Å². The third kappa shape index (κ3) is 1.77. The van der Waals surface area contributed by atoms with E-state index in [9.17, 15) is 9.18 Å². The van der Waals surface area contributed by atoms with E-state index in [4.69, 9.17) is 10.8 Å². The molecule has 0 amide bonds. The Morgan fingerprint density at radius 3 is 2.44 bits per heavy atom. The van der Waals surface area contributed by atoms with Crippen LogP contribution < -0.4 is 5.73 Å². The first-order valence-electron chi connectivity index (χ1n) is 4.46. The largest absolute Gasteiger partial charge is 0.477 e. The SMILES string of the molecule is Nc1c(-c2ccc(F)cc2)csc1C(=O)O. The number of aromatic carboxylic acids is 1. The van der Waals surface area contributed by atoms with E-state index >= 15 is 0 Å². The van der Waals surface area contributed by atoms with E-state index < -0.39 is 5.97 Å². The molecule has 0 aliphatic heterocycles. The van der Waals surface area contributed by atoms with Crippen LogP contribution in [0.5, 0.6) is 0 Å². The Balaban J connectivity index is 2.49. The van der Waals surface area contributed by atoms with Crippen LogP contribution in [-0.2, 0) is 0 Å². The molecule has 82 valence electrons. The van der Waals surface area contributed by atoms with Crippen molar-refractivity contribution in [3.8, 4) is 11.1 Å². The van der Waals surface area contributed by atoms with Crippen LogP contribution in [0.15, 0.2) is 29.6 Å². The summed E-state index contributed by atoms with van der Waals surface area (Å²) in [5, 5.41) is 10.5. The number of nitrogen functional groups attached to an aromatic ring is 1. The first-order chi connectivity index (χ1) is 7.59. The van der Waals surface area contributed by atoms with Gasteiger partial charge in [-0.3, -0.25) is 0 Å². The highest BCUT2D eigenvalue weighted by Gasteiger charge is 2.15. The topological polar surface area (TPSA) is 63.3 Å². The zero-order valence-electron chi connectivity index (χ0n) is 8.11. The molecule has 0 atom stereocenters. The van der Waals surface area contributed by atoms with Crippen molar-refractivity contribution >= 4 is 23.0 Å². The summed E-state index contributed by atoms with van der Waals surface area (Å²) >= 11 is 1.07. The minimum Gasteiger partial charge on any atom is -0.477 e. The second-order valence-electron chi connectivity index (χ2n) is 3.20. The second kappa shape index (κ2) is 3.94. The van der Waals surface area contributed by atoms with Crippen LogP contribution in [0.2, 0.25) is 0 Å². The molecule has 0 radical (unpaired) electrons. The molecule has 0 saturated carbocycles. The van der Waals surface area contributed by atoms with Gasteiger partial charge in [0.15, 0.2) is 0 Å². The summed E-state index contributed by atoms with van der Waals surface area (Å²) in [6.45, 7) is 0. The molecule has 1 aromatic carbocycles. The predicted molar refractivity (Wildman–Crippen MR) is 61.1 cm³/mol. The molecule has 0 saturated heterocycles. The van der Waals surface area contributed by atoms with Crippen molar-refractivity contribution in [3.05, 3.63) is 40.3 Å². The molecule has 0 aliphatic rings. The fourth-order valence-electron chi connectivity index (χ4n) is 1.39. The summed E-state index contributed by atoms with van der Waals surface area (Å²) in [6, 6.07) is 5.76. The molecule has 1 heterocycles. The Labute approximate surface area is 95.0 Å². The number of hydrogen-bond acceptors (Lipinski definition) is 3. The van der Waals surface area contributed by atoms with Crippen molar-refractivity contribution in [2.45, 2.75) is 0 Å². The van der Waals surface area contributed by atoms with Crippen LogP contribution in [0.1, 0.15) is 9.67 Å². The Morgan fingerprint density at radius 2 is 1.94 bits per heavy atom. The summed E-state index contributed by atoms with van der Waals surface area (Å²) in [4.78, 5) is 10.9. The Kier molecular flexibility index (Phi) is 2.62. The van der Waals surface area contributed by atoms with Gasteiger partial charge in [-0.05, 0) is 17.7 Å². The van der Waals surface area contributed by atoms with E-state index in [1.807, 2.05) is 0 Å². The number of benzene rings is 1. The van der Waals surface area contributed by atoms with Crippen molar-refractivity contribution in [1.82, 2.24) is 0 Å². The predicted octanol–water partition coefficient (Wildman–Crippen LogP) is 2.83. The van der Waals surface area contributed by atoms with Crippen molar-refractivity contribution in [2.75, 3.05) is 5.73 Å². The van der Waals surface area contributed by atoms with E-state index in [0.717, 1.165) is 11.3 Å². The van der Waals surface area contributed by atoms with Crippen LogP contribution in [0.25, 0.3) is 11.1 Å². The third-order valence-corrected chi connectivity index (χ3v) is 3.16. The van der Waals surface area contributed by atoms with Gasteiger partial charge in [0.2, 0.25) is 0 Å². The van der Waals surface area contributed by atoms with Gasteiger partial charge in [-0.2, -0.15) is 0 Å². The standard InChI is InChI=1S/C11H8FNO2S/c12-7-3-1-6(2-4-7)8-5-16-10(9(8)13)11(14)15/h1-5H,13H2,(H,14,15). The molecule has 2 aromatic rings. The van der Waals surface area contributed by atoms with E-state index in [2.05, 4.69) is 0 Å². The number of rotatable bonds is 2. The molecule has 0 unspecified atom stereocenters. The molecule has 3 N–H and O–H groups in total. The average molecular weight is 237 g/mol. The van der Waals surface area contributed by atoms with Crippen LogP contribution in [-0.4, -0.2) is 11.1 Å². The number of nitrogens with two attached hydrogens (primary N) is 1. The lowest BCUT2D eigenvalue weighted by Crippen LogP contribution is -1.98.